The van der Waals surface area contributed by atoms with E-state index in [4.69, 9.17) is 4.98 Å². The minimum atomic E-state index is 0.146. The molecule has 0 aliphatic heterocycles. The van der Waals surface area contributed by atoms with E-state index >= 15 is 0 Å². The topological polar surface area (TPSA) is 62.2 Å². The number of carbonyl (C=O) groups is 1. The summed E-state index contributed by atoms with van der Waals surface area (Å²) < 4.78 is 0. The lowest BCUT2D eigenvalue weighted by Gasteiger charge is -2.24. The second-order valence-corrected chi connectivity index (χ2v) is 7.59. The van der Waals surface area contributed by atoms with Crippen molar-refractivity contribution in [2.24, 2.45) is 5.92 Å². The Morgan fingerprint density at radius 1 is 1.00 bits per heavy atom. The summed E-state index contributed by atoms with van der Waals surface area (Å²) in [6.45, 7) is 0.999. The van der Waals surface area contributed by atoms with E-state index in [9.17, 15) is 4.79 Å². The first-order valence-corrected chi connectivity index (χ1v) is 9.89. The van der Waals surface area contributed by atoms with E-state index in [0.29, 0.717) is 19.0 Å². The maximum absolute atomic E-state index is 13.0. The SMILES string of the molecule is CN(C)c1ncc(-c2ccccn2)c(CN(Cc2ccccc2)C(=O)C2CC2)n1. The molecule has 1 aliphatic carbocycles. The first-order chi connectivity index (χ1) is 14.1. The molecule has 148 valence electrons. The molecule has 0 atom stereocenters. The number of hydrogen-bond acceptors (Lipinski definition) is 5. The third-order valence-electron chi connectivity index (χ3n) is 4.99. The van der Waals surface area contributed by atoms with Crippen molar-refractivity contribution in [3.8, 4) is 11.3 Å². The fourth-order valence-corrected chi connectivity index (χ4v) is 3.26. The second-order valence-electron chi connectivity index (χ2n) is 7.59. The highest BCUT2D eigenvalue weighted by molar-refractivity contribution is 5.81. The zero-order valence-corrected chi connectivity index (χ0v) is 16.8. The predicted octanol–water partition coefficient (Wildman–Crippen LogP) is 3.54. The third kappa shape index (κ3) is 4.59. The van der Waals surface area contributed by atoms with Crippen molar-refractivity contribution in [1.29, 1.82) is 0 Å². The van der Waals surface area contributed by atoms with Crippen LogP contribution in [0.25, 0.3) is 11.3 Å². The van der Waals surface area contributed by atoms with E-state index in [1.165, 1.54) is 0 Å². The summed E-state index contributed by atoms with van der Waals surface area (Å²) in [6, 6.07) is 15.9. The predicted molar refractivity (Wildman–Crippen MR) is 113 cm³/mol. The van der Waals surface area contributed by atoms with Gasteiger partial charge in [0.2, 0.25) is 11.9 Å². The van der Waals surface area contributed by atoms with Gasteiger partial charge in [-0.3, -0.25) is 9.78 Å². The lowest BCUT2D eigenvalue weighted by atomic mass is 10.1. The third-order valence-corrected chi connectivity index (χ3v) is 4.99. The van der Waals surface area contributed by atoms with Gasteiger partial charge >= 0.3 is 0 Å². The number of benzene rings is 1. The van der Waals surface area contributed by atoms with E-state index in [2.05, 4.69) is 22.1 Å². The number of carbonyl (C=O) groups excluding carboxylic acids is 1. The largest absolute Gasteiger partial charge is 0.347 e. The van der Waals surface area contributed by atoms with Gasteiger partial charge in [-0.15, -0.1) is 0 Å². The molecule has 0 bridgehead atoms. The standard InChI is InChI=1S/C23H25N5O/c1-27(2)23-25-14-19(20-10-6-7-13-24-20)21(26-23)16-28(22(29)18-11-12-18)15-17-8-4-3-5-9-17/h3-10,13-14,18H,11-12,15-16H2,1-2H3. The van der Waals surface area contributed by atoms with Gasteiger partial charge in [-0.1, -0.05) is 36.4 Å². The van der Waals surface area contributed by atoms with Crippen molar-refractivity contribution in [1.82, 2.24) is 19.9 Å². The molecule has 1 aromatic carbocycles. The van der Waals surface area contributed by atoms with Gasteiger partial charge < -0.3 is 9.80 Å². The summed E-state index contributed by atoms with van der Waals surface area (Å²) in [6.07, 6.45) is 5.52. The Morgan fingerprint density at radius 2 is 1.76 bits per heavy atom. The Kier molecular flexibility index (Phi) is 5.51. The molecular formula is C23H25N5O. The Balaban J connectivity index is 1.70. The zero-order valence-electron chi connectivity index (χ0n) is 16.8. The smallest absolute Gasteiger partial charge is 0.226 e. The highest BCUT2D eigenvalue weighted by Gasteiger charge is 2.34. The molecule has 0 saturated heterocycles. The lowest BCUT2D eigenvalue weighted by molar-refractivity contribution is -0.133. The molecule has 2 heterocycles. The molecule has 29 heavy (non-hydrogen) atoms. The molecule has 1 aliphatic rings. The molecule has 4 rings (SSSR count). The fraction of sp³-hybridized carbons (Fsp3) is 0.304. The van der Waals surface area contributed by atoms with Crippen molar-refractivity contribution >= 4 is 11.9 Å². The van der Waals surface area contributed by atoms with Gasteiger partial charge in [-0.05, 0) is 30.5 Å². The first kappa shape index (κ1) is 19.1. The average Bonchev–Trinajstić information content (AvgIpc) is 3.59. The van der Waals surface area contributed by atoms with Crippen LogP contribution in [-0.4, -0.2) is 39.9 Å². The summed E-state index contributed by atoms with van der Waals surface area (Å²) in [4.78, 5) is 30.5. The molecule has 1 saturated carbocycles. The van der Waals surface area contributed by atoms with Crippen LogP contribution in [0.1, 0.15) is 24.1 Å². The van der Waals surface area contributed by atoms with Crippen molar-refractivity contribution in [3.63, 3.8) is 0 Å². The van der Waals surface area contributed by atoms with Crippen LogP contribution < -0.4 is 4.90 Å². The Morgan fingerprint density at radius 3 is 2.41 bits per heavy atom. The van der Waals surface area contributed by atoms with Gasteiger partial charge in [-0.25, -0.2) is 9.97 Å². The monoisotopic (exact) mass is 387 g/mol. The number of rotatable bonds is 7. The average molecular weight is 387 g/mol. The highest BCUT2D eigenvalue weighted by atomic mass is 16.2. The van der Waals surface area contributed by atoms with Crippen molar-refractivity contribution in [3.05, 3.63) is 72.2 Å². The molecule has 2 aromatic heterocycles. The van der Waals surface area contributed by atoms with Crippen molar-refractivity contribution < 1.29 is 4.79 Å². The Bertz CT molecular complexity index is 971. The number of anilines is 1. The van der Waals surface area contributed by atoms with E-state index in [1.807, 2.05) is 66.5 Å². The summed E-state index contributed by atoms with van der Waals surface area (Å²) in [7, 11) is 3.83. The van der Waals surface area contributed by atoms with E-state index in [1.54, 1.807) is 6.20 Å². The summed E-state index contributed by atoms with van der Waals surface area (Å²) in [5.74, 6) is 0.969. The molecule has 0 unspecified atom stereocenters. The molecule has 1 amide bonds. The normalized spacial score (nSPS) is 13.2. The Labute approximate surface area is 171 Å². The van der Waals surface area contributed by atoms with Gasteiger partial charge in [0.25, 0.3) is 0 Å². The fourth-order valence-electron chi connectivity index (χ4n) is 3.26. The zero-order chi connectivity index (χ0) is 20.2. The van der Waals surface area contributed by atoms with Gasteiger partial charge in [0, 0.05) is 44.5 Å². The van der Waals surface area contributed by atoms with E-state index < -0.39 is 0 Å². The maximum atomic E-state index is 13.0. The molecule has 0 N–H and O–H groups in total. The molecule has 1 fully saturated rings. The molecule has 3 aromatic rings. The summed E-state index contributed by atoms with van der Waals surface area (Å²) in [5.41, 5.74) is 3.60. The number of amides is 1. The lowest BCUT2D eigenvalue weighted by Crippen LogP contribution is -2.32. The minimum absolute atomic E-state index is 0.146. The number of hydrogen-bond donors (Lipinski definition) is 0. The summed E-state index contributed by atoms with van der Waals surface area (Å²) >= 11 is 0. The van der Waals surface area contributed by atoms with Crippen LogP contribution in [0.4, 0.5) is 5.95 Å². The van der Waals surface area contributed by atoms with Crippen molar-refractivity contribution in [2.45, 2.75) is 25.9 Å². The van der Waals surface area contributed by atoms with Crippen LogP contribution in [0.3, 0.4) is 0 Å². The van der Waals surface area contributed by atoms with Crippen LogP contribution in [0.5, 0.6) is 0 Å². The molecule has 0 radical (unpaired) electrons. The quantitative estimate of drug-likeness (QED) is 0.620. The molecular weight excluding hydrogens is 362 g/mol. The molecule has 6 nitrogen and oxygen atoms in total. The minimum Gasteiger partial charge on any atom is -0.347 e. The van der Waals surface area contributed by atoms with Crippen LogP contribution in [0.15, 0.2) is 60.9 Å². The van der Waals surface area contributed by atoms with Crippen LogP contribution in [0, 0.1) is 5.92 Å². The highest BCUT2D eigenvalue weighted by Crippen LogP contribution is 2.33. The second kappa shape index (κ2) is 8.39. The van der Waals surface area contributed by atoms with Gasteiger partial charge in [0.1, 0.15) is 0 Å². The molecule has 6 heteroatoms. The maximum Gasteiger partial charge on any atom is 0.226 e. The molecule has 0 spiro atoms. The van der Waals surface area contributed by atoms with Crippen LogP contribution in [0.2, 0.25) is 0 Å². The van der Waals surface area contributed by atoms with Gasteiger partial charge in [0.05, 0.1) is 17.9 Å². The number of pyridine rings is 1. The van der Waals surface area contributed by atoms with Crippen molar-refractivity contribution in [2.75, 3.05) is 19.0 Å². The van der Waals surface area contributed by atoms with E-state index in [-0.39, 0.29) is 11.8 Å². The number of nitrogens with zero attached hydrogens (tertiary/aromatic N) is 5. The van der Waals surface area contributed by atoms with E-state index in [0.717, 1.165) is 35.4 Å². The number of aromatic nitrogens is 3. The van der Waals surface area contributed by atoms with Gasteiger partial charge in [0.15, 0.2) is 0 Å². The van der Waals surface area contributed by atoms with Gasteiger partial charge in [-0.2, -0.15) is 0 Å². The van der Waals surface area contributed by atoms with Crippen LogP contribution >= 0.6 is 0 Å². The van der Waals surface area contributed by atoms with Crippen LogP contribution in [-0.2, 0) is 17.9 Å². The Hall–Kier alpha value is -3.28. The summed E-state index contributed by atoms with van der Waals surface area (Å²) in [5, 5.41) is 0. The first-order valence-electron chi connectivity index (χ1n) is 9.89.